The van der Waals surface area contributed by atoms with Crippen molar-refractivity contribution in [3.05, 3.63) is 47.8 Å². The van der Waals surface area contributed by atoms with Crippen LogP contribution in [-0.4, -0.2) is 17.3 Å². The van der Waals surface area contributed by atoms with Crippen LogP contribution in [0.5, 0.6) is 5.75 Å². The van der Waals surface area contributed by atoms with Gasteiger partial charge in [-0.1, -0.05) is 0 Å². The number of nitrogens with one attached hydrogen (secondary N) is 1. The van der Waals surface area contributed by atoms with Gasteiger partial charge in [-0.25, -0.2) is 0 Å². The van der Waals surface area contributed by atoms with Gasteiger partial charge in [-0.15, -0.1) is 0 Å². The van der Waals surface area contributed by atoms with Crippen LogP contribution in [0.15, 0.2) is 36.7 Å². The number of hydrogen-bond acceptors (Lipinski definition) is 3. The Morgan fingerprint density at radius 2 is 2.18 bits per heavy atom. The fourth-order valence-electron chi connectivity index (χ4n) is 1.46. The number of rotatable bonds is 3. The Balaban J connectivity index is 2.33. The topological polar surface area (TPSA) is 61.7 Å². The van der Waals surface area contributed by atoms with Gasteiger partial charge in [0.1, 0.15) is 5.75 Å². The zero-order valence-corrected chi connectivity index (χ0v) is 9.34. The quantitative estimate of drug-likeness (QED) is 0.816. The van der Waals surface area contributed by atoms with Gasteiger partial charge in [0.15, 0.2) is 0 Å². The molecule has 1 aromatic heterocycles. The average molecular weight is 225 g/mol. The normalized spacial score (nSPS) is 10.9. The van der Waals surface area contributed by atoms with Gasteiger partial charge in [-0.2, -0.15) is 10.4 Å². The Bertz CT molecular complexity index is 547. The largest absolute Gasteiger partial charge is 0.497 e. The zero-order chi connectivity index (χ0) is 12.1. The van der Waals surface area contributed by atoms with Gasteiger partial charge in [0.2, 0.25) is 0 Å². The highest BCUT2D eigenvalue weighted by molar-refractivity contribution is 5.89. The lowest BCUT2D eigenvalue weighted by Gasteiger charge is -2.01. The van der Waals surface area contributed by atoms with Crippen molar-refractivity contribution < 1.29 is 4.74 Å². The van der Waals surface area contributed by atoms with Crippen molar-refractivity contribution in [1.29, 1.82) is 5.26 Å². The molecule has 0 fully saturated rings. The SMILES string of the molecule is COc1ccc(/C(C#N)=C/c2cn[nH]c2)cc1. The molecule has 84 valence electrons. The van der Waals surface area contributed by atoms with Crippen LogP contribution in [0.25, 0.3) is 11.6 Å². The molecule has 0 atom stereocenters. The number of aromatic nitrogens is 2. The van der Waals surface area contributed by atoms with Crippen LogP contribution in [0.1, 0.15) is 11.1 Å². The Labute approximate surface area is 99.2 Å². The van der Waals surface area contributed by atoms with E-state index in [-0.39, 0.29) is 0 Å². The molecule has 0 radical (unpaired) electrons. The highest BCUT2D eigenvalue weighted by Crippen LogP contribution is 2.20. The van der Waals surface area contributed by atoms with Gasteiger partial charge in [0, 0.05) is 11.8 Å². The van der Waals surface area contributed by atoms with E-state index in [9.17, 15) is 0 Å². The van der Waals surface area contributed by atoms with E-state index in [4.69, 9.17) is 10.00 Å². The van der Waals surface area contributed by atoms with Crippen molar-refractivity contribution in [2.24, 2.45) is 0 Å². The Hall–Kier alpha value is -2.54. The van der Waals surface area contributed by atoms with Crippen molar-refractivity contribution in [3.8, 4) is 11.8 Å². The summed E-state index contributed by atoms with van der Waals surface area (Å²) in [5.74, 6) is 0.773. The van der Waals surface area contributed by atoms with E-state index < -0.39 is 0 Å². The third kappa shape index (κ3) is 2.52. The van der Waals surface area contributed by atoms with Crippen molar-refractivity contribution in [2.75, 3.05) is 7.11 Å². The number of allylic oxidation sites excluding steroid dienone is 1. The number of hydrogen-bond donors (Lipinski definition) is 1. The van der Waals surface area contributed by atoms with Crippen LogP contribution in [-0.2, 0) is 0 Å². The molecule has 17 heavy (non-hydrogen) atoms. The first-order valence-electron chi connectivity index (χ1n) is 5.08. The minimum absolute atomic E-state index is 0.592. The van der Waals surface area contributed by atoms with Gasteiger partial charge >= 0.3 is 0 Å². The molecular weight excluding hydrogens is 214 g/mol. The van der Waals surface area contributed by atoms with Crippen molar-refractivity contribution in [3.63, 3.8) is 0 Å². The molecule has 0 spiro atoms. The van der Waals surface area contributed by atoms with Crippen LogP contribution >= 0.6 is 0 Å². The third-order valence-electron chi connectivity index (χ3n) is 2.35. The summed E-state index contributed by atoms with van der Waals surface area (Å²) in [4.78, 5) is 0. The summed E-state index contributed by atoms with van der Waals surface area (Å²) in [6, 6.07) is 9.54. The summed E-state index contributed by atoms with van der Waals surface area (Å²) in [5.41, 5.74) is 2.32. The Morgan fingerprint density at radius 1 is 1.41 bits per heavy atom. The average Bonchev–Trinajstić information content (AvgIpc) is 2.89. The monoisotopic (exact) mass is 225 g/mol. The molecule has 2 aromatic rings. The Morgan fingerprint density at radius 3 is 2.71 bits per heavy atom. The second kappa shape index (κ2) is 4.99. The van der Waals surface area contributed by atoms with Crippen molar-refractivity contribution in [1.82, 2.24) is 10.2 Å². The fraction of sp³-hybridized carbons (Fsp3) is 0.0769. The zero-order valence-electron chi connectivity index (χ0n) is 9.34. The van der Waals surface area contributed by atoms with Crippen LogP contribution in [0, 0.1) is 11.3 Å². The fourth-order valence-corrected chi connectivity index (χ4v) is 1.46. The molecule has 0 saturated heterocycles. The first-order valence-corrected chi connectivity index (χ1v) is 5.08. The first-order chi connectivity index (χ1) is 8.33. The molecule has 0 aliphatic carbocycles. The molecule has 0 aliphatic rings. The molecule has 1 N–H and O–H groups in total. The molecule has 4 heteroatoms. The maximum absolute atomic E-state index is 9.12. The van der Waals surface area contributed by atoms with Gasteiger partial charge in [0.05, 0.1) is 24.9 Å². The number of aromatic amines is 1. The standard InChI is InChI=1S/C13H11N3O/c1-17-13-4-2-11(3-5-13)12(7-14)6-10-8-15-16-9-10/h2-6,8-9H,1H3,(H,15,16)/b12-6+. The van der Waals surface area contributed by atoms with Gasteiger partial charge in [0.25, 0.3) is 0 Å². The van der Waals surface area contributed by atoms with Crippen LogP contribution in [0.3, 0.4) is 0 Å². The third-order valence-corrected chi connectivity index (χ3v) is 2.35. The van der Waals surface area contributed by atoms with Gasteiger partial charge < -0.3 is 4.74 Å². The molecular formula is C13H11N3O. The summed E-state index contributed by atoms with van der Waals surface area (Å²) >= 11 is 0. The van der Waals surface area contributed by atoms with Gasteiger partial charge in [-0.3, -0.25) is 5.10 Å². The molecule has 1 heterocycles. The predicted octanol–water partition coefficient (Wildman–Crippen LogP) is 2.48. The second-order valence-corrected chi connectivity index (χ2v) is 3.43. The van der Waals surface area contributed by atoms with Crippen molar-refractivity contribution >= 4 is 11.6 Å². The van der Waals surface area contributed by atoms with Crippen molar-refractivity contribution in [2.45, 2.75) is 0 Å². The molecule has 2 rings (SSSR count). The van der Waals surface area contributed by atoms with Crippen LogP contribution < -0.4 is 4.74 Å². The molecule has 4 nitrogen and oxygen atoms in total. The minimum Gasteiger partial charge on any atom is -0.497 e. The summed E-state index contributed by atoms with van der Waals surface area (Å²) in [7, 11) is 1.61. The highest BCUT2D eigenvalue weighted by Gasteiger charge is 2.01. The molecule has 1 aromatic carbocycles. The summed E-state index contributed by atoms with van der Waals surface area (Å²) < 4.78 is 5.07. The lowest BCUT2D eigenvalue weighted by atomic mass is 10.1. The van der Waals surface area contributed by atoms with E-state index >= 15 is 0 Å². The predicted molar refractivity (Wildman–Crippen MR) is 65.1 cm³/mol. The van der Waals surface area contributed by atoms with E-state index in [1.54, 1.807) is 25.6 Å². The van der Waals surface area contributed by atoms with E-state index in [1.807, 2.05) is 24.3 Å². The lowest BCUT2D eigenvalue weighted by molar-refractivity contribution is 0.415. The van der Waals surface area contributed by atoms with Crippen LogP contribution in [0.4, 0.5) is 0 Å². The van der Waals surface area contributed by atoms with E-state index in [1.165, 1.54) is 0 Å². The maximum atomic E-state index is 9.12. The summed E-state index contributed by atoms with van der Waals surface area (Å²) in [6.07, 6.45) is 5.19. The van der Waals surface area contributed by atoms with Gasteiger partial charge in [-0.05, 0) is 35.9 Å². The molecule has 0 aliphatic heterocycles. The van der Waals surface area contributed by atoms with E-state index in [2.05, 4.69) is 16.3 Å². The molecule has 0 unspecified atom stereocenters. The number of H-pyrrole nitrogens is 1. The van der Waals surface area contributed by atoms with E-state index in [0.717, 1.165) is 16.9 Å². The smallest absolute Gasteiger partial charge is 0.118 e. The lowest BCUT2D eigenvalue weighted by Crippen LogP contribution is -1.84. The maximum Gasteiger partial charge on any atom is 0.118 e. The molecule has 0 bridgehead atoms. The van der Waals surface area contributed by atoms with E-state index in [0.29, 0.717) is 5.57 Å². The number of benzene rings is 1. The summed E-state index contributed by atoms with van der Waals surface area (Å²) in [5, 5.41) is 15.7. The first kappa shape index (κ1) is 11.0. The number of nitriles is 1. The summed E-state index contributed by atoms with van der Waals surface area (Å²) in [6.45, 7) is 0. The van der Waals surface area contributed by atoms with Crippen LogP contribution in [0.2, 0.25) is 0 Å². The molecule has 0 amide bonds. The number of methoxy groups -OCH3 is 1. The Kier molecular flexibility index (Phi) is 3.22. The second-order valence-electron chi connectivity index (χ2n) is 3.43. The minimum atomic E-state index is 0.592. The molecule has 0 saturated carbocycles. The highest BCUT2D eigenvalue weighted by atomic mass is 16.5. The number of nitrogens with zero attached hydrogens (tertiary/aromatic N) is 2. The number of ether oxygens (including phenoxy) is 1.